The average molecular weight is 344 g/mol. The number of aryl methyl sites for hydroxylation is 1. The Morgan fingerprint density at radius 1 is 1.36 bits per heavy atom. The van der Waals surface area contributed by atoms with Crippen LogP contribution in [0.1, 0.15) is 18.2 Å². The maximum atomic E-state index is 10.8. The molecule has 8 nitrogen and oxygen atoms in total. The maximum absolute atomic E-state index is 10.8. The number of nitrogens with two attached hydrogens (primary N) is 1. The summed E-state index contributed by atoms with van der Waals surface area (Å²) in [6.07, 6.45) is 1.76. The van der Waals surface area contributed by atoms with Crippen molar-refractivity contribution in [1.29, 1.82) is 0 Å². The molecule has 2 rings (SSSR count). The molecule has 0 bridgehead atoms. The molecule has 2 aromatic rings. The summed E-state index contributed by atoms with van der Waals surface area (Å²) in [6.45, 7) is 3.75. The van der Waals surface area contributed by atoms with Gasteiger partial charge in [0.25, 0.3) is 5.91 Å². The van der Waals surface area contributed by atoms with Gasteiger partial charge in [0, 0.05) is 19.8 Å². The number of rotatable bonds is 8. The molecule has 0 saturated carbocycles. The Morgan fingerprint density at radius 3 is 2.88 bits per heavy atom. The highest BCUT2D eigenvalue weighted by molar-refractivity contribution is 5.79. The first-order valence-corrected chi connectivity index (χ1v) is 8.07. The first-order chi connectivity index (χ1) is 12.1. The highest BCUT2D eigenvalue weighted by atomic mass is 16.5. The Balaban J connectivity index is 1.96. The van der Waals surface area contributed by atoms with Gasteiger partial charge in [0.2, 0.25) is 0 Å². The largest absolute Gasteiger partial charge is 0.484 e. The number of primary amides is 1. The molecule has 134 valence electrons. The fraction of sp³-hybridized carbons (Fsp3) is 0.353. The lowest BCUT2D eigenvalue weighted by Crippen LogP contribution is -2.37. The van der Waals surface area contributed by atoms with Crippen molar-refractivity contribution in [2.75, 3.05) is 13.2 Å². The molecule has 0 radical (unpaired) electrons. The molecule has 4 N–H and O–H groups in total. The predicted molar refractivity (Wildman–Crippen MR) is 96.0 cm³/mol. The van der Waals surface area contributed by atoms with E-state index >= 15 is 0 Å². The Kier molecular flexibility index (Phi) is 6.82. The molecular formula is C17H24N6O2. The Labute approximate surface area is 147 Å². The van der Waals surface area contributed by atoms with Gasteiger partial charge >= 0.3 is 0 Å². The zero-order valence-electron chi connectivity index (χ0n) is 14.5. The monoisotopic (exact) mass is 344 g/mol. The highest BCUT2D eigenvalue weighted by Gasteiger charge is 2.03. The van der Waals surface area contributed by atoms with Crippen LogP contribution in [0.5, 0.6) is 5.75 Å². The average Bonchev–Trinajstić information content (AvgIpc) is 3.01. The van der Waals surface area contributed by atoms with Crippen LogP contribution in [0.3, 0.4) is 0 Å². The number of hydrogen-bond donors (Lipinski definition) is 3. The first kappa shape index (κ1) is 18.3. The molecule has 8 heteroatoms. The van der Waals surface area contributed by atoms with Crippen LogP contribution in [0.4, 0.5) is 0 Å². The minimum atomic E-state index is -0.503. The van der Waals surface area contributed by atoms with Crippen LogP contribution in [-0.4, -0.2) is 34.8 Å². The van der Waals surface area contributed by atoms with E-state index in [1.54, 1.807) is 12.3 Å². The second-order valence-corrected chi connectivity index (χ2v) is 5.40. The van der Waals surface area contributed by atoms with Crippen molar-refractivity contribution in [2.24, 2.45) is 17.8 Å². The fourth-order valence-electron chi connectivity index (χ4n) is 2.15. The summed E-state index contributed by atoms with van der Waals surface area (Å²) in [5, 5.41) is 10.6. The third-order valence-corrected chi connectivity index (χ3v) is 3.40. The predicted octanol–water partition coefficient (Wildman–Crippen LogP) is 0.540. The number of nitrogens with one attached hydrogen (secondary N) is 2. The second kappa shape index (κ2) is 9.31. The molecule has 0 aliphatic rings. The molecular weight excluding hydrogens is 320 g/mol. The zero-order chi connectivity index (χ0) is 18.1. The zero-order valence-corrected chi connectivity index (χ0v) is 14.5. The number of nitrogens with zero attached hydrogens (tertiary/aromatic N) is 3. The molecule has 0 atom stereocenters. The summed E-state index contributed by atoms with van der Waals surface area (Å²) in [4.78, 5) is 15.4. The van der Waals surface area contributed by atoms with E-state index < -0.39 is 5.91 Å². The second-order valence-electron chi connectivity index (χ2n) is 5.40. The first-order valence-electron chi connectivity index (χ1n) is 8.07. The number of ether oxygens (including phenoxy) is 1. The van der Waals surface area contributed by atoms with E-state index in [0.717, 1.165) is 17.8 Å². The molecule has 1 aromatic carbocycles. The van der Waals surface area contributed by atoms with Crippen molar-refractivity contribution in [3.8, 4) is 5.75 Å². The number of hydrogen-bond acceptors (Lipinski definition) is 4. The van der Waals surface area contributed by atoms with E-state index in [9.17, 15) is 4.79 Å². The van der Waals surface area contributed by atoms with Crippen LogP contribution in [0.25, 0.3) is 0 Å². The Hall–Kier alpha value is -3.03. The van der Waals surface area contributed by atoms with E-state index in [2.05, 4.69) is 20.7 Å². The summed E-state index contributed by atoms with van der Waals surface area (Å²) < 4.78 is 7.12. The molecule has 0 spiro atoms. The van der Waals surface area contributed by atoms with Gasteiger partial charge in [0.1, 0.15) is 5.75 Å². The third kappa shape index (κ3) is 6.17. The van der Waals surface area contributed by atoms with Crippen molar-refractivity contribution in [1.82, 2.24) is 20.4 Å². The van der Waals surface area contributed by atoms with Gasteiger partial charge in [-0.15, -0.1) is 0 Å². The van der Waals surface area contributed by atoms with E-state index in [4.69, 9.17) is 10.5 Å². The lowest BCUT2D eigenvalue weighted by atomic mass is 10.2. The fourth-order valence-corrected chi connectivity index (χ4v) is 2.15. The molecule has 0 fully saturated rings. The normalized spacial score (nSPS) is 11.2. The van der Waals surface area contributed by atoms with Gasteiger partial charge in [-0.05, 0) is 30.7 Å². The van der Waals surface area contributed by atoms with Gasteiger partial charge in [-0.25, -0.2) is 4.99 Å². The van der Waals surface area contributed by atoms with E-state index in [0.29, 0.717) is 24.8 Å². The molecule has 1 aromatic heterocycles. The molecule has 0 saturated heterocycles. The van der Waals surface area contributed by atoms with Gasteiger partial charge < -0.3 is 21.1 Å². The maximum Gasteiger partial charge on any atom is 0.255 e. The molecule has 0 aliphatic heterocycles. The van der Waals surface area contributed by atoms with Crippen molar-refractivity contribution in [3.05, 3.63) is 47.8 Å². The summed E-state index contributed by atoms with van der Waals surface area (Å²) in [6, 6.07) is 9.39. The summed E-state index contributed by atoms with van der Waals surface area (Å²) >= 11 is 0. The minimum absolute atomic E-state index is 0.137. The smallest absolute Gasteiger partial charge is 0.255 e. The van der Waals surface area contributed by atoms with Crippen LogP contribution in [0.2, 0.25) is 0 Å². The molecule has 0 unspecified atom stereocenters. The standard InChI is InChI=1S/C17H24N6O2/c1-3-19-17(21-11-14-7-8-22-23(14)2)20-10-13-5-4-6-15(9-13)25-12-16(18)24/h4-9H,3,10-12H2,1-2H3,(H2,18,24)(H2,19,20,21). The molecule has 0 aliphatic carbocycles. The number of amides is 1. The lowest BCUT2D eigenvalue weighted by molar-refractivity contribution is -0.119. The number of guanidine groups is 1. The number of carbonyl (C=O) groups is 1. The van der Waals surface area contributed by atoms with Crippen LogP contribution in [0, 0.1) is 0 Å². The SMILES string of the molecule is CCNC(=NCc1cccc(OCC(N)=O)c1)NCc1ccnn1C. The number of carbonyl (C=O) groups excluding carboxylic acids is 1. The Bertz CT molecular complexity index is 725. The van der Waals surface area contributed by atoms with Gasteiger partial charge in [-0.1, -0.05) is 12.1 Å². The molecule has 25 heavy (non-hydrogen) atoms. The van der Waals surface area contributed by atoms with Crippen LogP contribution in [0.15, 0.2) is 41.5 Å². The van der Waals surface area contributed by atoms with Crippen LogP contribution >= 0.6 is 0 Å². The van der Waals surface area contributed by atoms with Gasteiger partial charge in [-0.3, -0.25) is 9.48 Å². The molecule has 1 heterocycles. The van der Waals surface area contributed by atoms with Crippen LogP contribution < -0.4 is 21.1 Å². The lowest BCUT2D eigenvalue weighted by Gasteiger charge is -2.11. The van der Waals surface area contributed by atoms with E-state index in [1.165, 1.54) is 0 Å². The van der Waals surface area contributed by atoms with Crippen molar-refractivity contribution >= 4 is 11.9 Å². The van der Waals surface area contributed by atoms with E-state index in [1.807, 2.05) is 42.9 Å². The summed E-state index contributed by atoms with van der Waals surface area (Å²) in [7, 11) is 1.90. The summed E-state index contributed by atoms with van der Waals surface area (Å²) in [5.41, 5.74) is 7.12. The number of benzene rings is 1. The van der Waals surface area contributed by atoms with Crippen molar-refractivity contribution in [2.45, 2.75) is 20.0 Å². The number of aromatic nitrogens is 2. The number of aliphatic imine (C=N–C) groups is 1. The van der Waals surface area contributed by atoms with Crippen LogP contribution in [-0.2, 0) is 24.9 Å². The third-order valence-electron chi connectivity index (χ3n) is 3.40. The van der Waals surface area contributed by atoms with Crippen molar-refractivity contribution in [3.63, 3.8) is 0 Å². The van der Waals surface area contributed by atoms with Gasteiger partial charge in [-0.2, -0.15) is 5.10 Å². The highest BCUT2D eigenvalue weighted by Crippen LogP contribution is 2.14. The van der Waals surface area contributed by atoms with Gasteiger partial charge in [0.15, 0.2) is 12.6 Å². The van der Waals surface area contributed by atoms with E-state index in [-0.39, 0.29) is 6.61 Å². The van der Waals surface area contributed by atoms with Crippen molar-refractivity contribution < 1.29 is 9.53 Å². The van der Waals surface area contributed by atoms with Gasteiger partial charge in [0.05, 0.1) is 18.8 Å². The minimum Gasteiger partial charge on any atom is -0.484 e. The summed E-state index contributed by atoms with van der Waals surface area (Å²) in [5.74, 6) is 0.809. The molecule has 1 amide bonds. The Morgan fingerprint density at radius 2 is 2.20 bits per heavy atom. The topological polar surface area (TPSA) is 107 Å². The quantitative estimate of drug-likeness (QED) is 0.479.